The average Bonchev–Trinajstić information content (AvgIpc) is 2.95. The van der Waals surface area contributed by atoms with Gasteiger partial charge in [0, 0.05) is 37.3 Å². The van der Waals surface area contributed by atoms with Gasteiger partial charge >= 0.3 is 0 Å². The van der Waals surface area contributed by atoms with E-state index < -0.39 is 0 Å². The van der Waals surface area contributed by atoms with E-state index in [2.05, 4.69) is 20.8 Å². The molecule has 7 heteroatoms. The molecule has 0 saturated carbocycles. The van der Waals surface area contributed by atoms with Crippen LogP contribution in [0, 0.1) is 0 Å². The Morgan fingerprint density at radius 3 is 3.09 bits per heavy atom. The highest BCUT2D eigenvalue weighted by Crippen LogP contribution is 2.25. The van der Waals surface area contributed by atoms with Gasteiger partial charge in [-0.1, -0.05) is 35.3 Å². The van der Waals surface area contributed by atoms with E-state index >= 15 is 0 Å². The molecule has 1 amide bonds. The summed E-state index contributed by atoms with van der Waals surface area (Å²) in [6.45, 7) is 2.06. The maximum Gasteiger partial charge on any atom is 0.272 e. The first kappa shape index (κ1) is 15.3. The van der Waals surface area contributed by atoms with Gasteiger partial charge in [0.05, 0.1) is 10.0 Å². The Labute approximate surface area is 138 Å². The van der Waals surface area contributed by atoms with E-state index in [1.165, 1.54) is 0 Å². The van der Waals surface area contributed by atoms with Gasteiger partial charge in [0.25, 0.3) is 5.91 Å². The van der Waals surface area contributed by atoms with Crippen molar-refractivity contribution in [3.05, 3.63) is 50.8 Å². The van der Waals surface area contributed by atoms with Crippen LogP contribution in [0.4, 0.5) is 0 Å². The zero-order valence-electron chi connectivity index (χ0n) is 11.9. The van der Waals surface area contributed by atoms with Crippen molar-refractivity contribution in [1.29, 1.82) is 0 Å². The van der Waals surface area contributed by atoms with Crippen LogP contribution in [0.25, 0.3) is 0 Å². The molecule has 0 fully saturated rings. The van der Waals surface area contributed by atoms with Crippen molar-refractivity contribution < 1.29 is 4.79 Å². The number of benzene rings is 1. The van der Waals surface area contributed by atoms with Gasteiger partial charge in [-0.3, -0.25) is 9.89 Å². The summed E-state index contributed by atoms with van der Waals surface area (Å²) in [4.78, 5) is 12.2. The molecule has 0 saturated heterocycles. The Bertz CT molecular complexity index is 699. The number of hydrogen-bond donors (Lipinski definition) is 3. The number of rotatable bonds is 4. The van der Waals surface area contributed by atoms with Crippen molar-refractivity contribution in [3.63, 3.8) is 0 Å². The summed E-state index contributed by atoms with van der Waals surface area (Å²) < 4.78 is 0. The number of nitrogens with one attached hydrogen (secondary N) is 3. The zero-order valence-corrected chi connectivity index (χ0v) is 13.4. The second-order valence-electron chi connectivity index (χ2n) is 5.17. The molecule has 1 aromatic carbocycles. The minimum absolute atomic E-state index is 0.167. The van der Waals surface area contributed by atoms with Crippen LogP contribution in [0.1, 0.15) is 27.3 Å². The highest BCUT2D eigenvalue weighted by Gasteiger charge is 2.21. The normalized spacial score (nSPS) is 13.7. The lowest BCUT2D eigenvalue weighted by atomic mass is 10.1. The summed E-state index contributed by atoms with van der Waals surface area (Å²) in [5.41, 5.74) is 3.39. The summed E-state index contributed by atoms with van der Waals surface area (Å²) in [5.74, 6) is -0.167. The lowest BCUT2D eigenvalue weighted by Gasteiger charge is -2.13. The molecule has 0 bridgehead atoms. The molecule has 3 N–H and O–H groups in total. The molecule has 2 heterocycles. The van der Waals surface area contributed by atoms with E-state index in [1.807, 2.05) is 12.1 Å². The van der Waals surface area contributed by atoms with Crippen LogP contribution < -0.4 is 10.6 Å². The highest BCUT2D eigenvalue weighted by molar-refractivity contribution is 6.42. The molecule has 0 unspecified atom stereocenters. The van der Waals surface area contributed by atoms with Gasteiger partial charge in [0.2, 0.25) is 0 Å². The lowest BCUT2D eigenvalue weighted by molar-refractivity contribution is 0.0948. The first-order valence-electron chi connectivity index (χ1n) is 7.14. The maximum absolute atomic E-state index is 12.2. The molecule has 22 heavy (non-hydrogen) atoms. The fourth-order valence-corrected chi connectivity index (χ4v) is 2.96. The van der Waals surface area contributed by atoms with Gasteiger partial charge < -0.3 is 10.6 Å². The fourth-order valence-electron chi connectivity index (χ4n) is 2.55. The van der Waals surface area contributed by atoms with E-state index in [0.29, 0.717) is 35.2 Å². The summed E-state index contributed by atoms with van der Waals surface area (Å²) in [6, 6.07) is 5.50. The Hall–Kier alpha value is -1.56. The van der Waals surface area contributed by atoms with Crippen molar-refractivity contribution >= 4 is 29.1 Å². The maximum atomic E-state index is 12.2. The zero-order chi connectivity index (χ0) is 15.5. The predicted octanol–water partition coefficient (Wildman–Crippen LogP) is 2.33. The molecule has 1 aromatic heterocycles. The number of carbonyl (C=O) groups excluding carboxylic acids is 1. The van der Waals surface area contributed by atoms with E-state index in [4.69, 9.17) is 23.2 Å². The van der Waals surface area contributed by atoms with Crippen LogP contribution in [-0.2, 0) is 19.4 Å². The van der Waals surface area contributed by atoms with Gasteiger partial charge in [0.15, 0.2) is 5.69 Å². The molecular formula is C15H16Cl2N4O. The number of aromatic amines is 1. The molecule has 2 aromatic rings. The van der Waals surface area contributed by atoms with Crippen molar-refractivity contribution in [2.24, 2.45) is 0 Å². The van der Waals surface area contributed by atoms with Gasteiger partial charge in [-0.25, -0.2) is 0 Å². The molecule has 3 rings (SSSR count). The first-order valence-corrected chi connectivity index (χ1v) is 7.90. The van der Waals surface area contributed by atoms with Crippen molar-refractivity contribution in [2.75, 3.05) is 13.1 Å². The Balaban J connectivity index is 1.61. The van der Waals surface area contributed by atoms with Gasteiger partial charge in [-0.2, -0.15) is 5.10 Å². The summed E-state index contributed by atoms with van der Waals surface area (Å²) in [6.07, 6.45) is 1.49. The standard InChI is InChI=1S/C15H16Cl2N4O/c16-11-3-1-2-9(13(11)17)4-7-19-15(22)14-10-8-18-6-5-12(10)20-21-14/h1-3,18H,4-8H2,(H,19,22)(H,20,21). The van der Waals surface area contributed by atoms with Crippen molar-refractivity contribution in [2.45, 2.75) is 19.4 Å². The summed E-state index contributed by atoms with van der Waals surface area (Å²) in [5, 5.41) is 14.3. The SMILES string of the molecule is O=C(NCCc1cccc(Cl)c1Cl)c1n[nH]c2c1CNCC2. The third-order valence-corrected chi connectivity index (χ3v) is 4.59. The van der Waals surface area contributed by atoms with Crippen LogP contribution in [0.5, 0.6) is 0 Å². The summed E-state index contributed by atoms with van der Waals surface area (Å²) in [7, 11) is 0. The first-order chi connectivity index (χ1) is 10.7. The number of hydrogen-bond acceptors (Lipinski definition) is 3. The van der Waals surface area contributed by atoms with E-state index in [9.17, 15) is 4.79 Å². The number of fused-ring (bicyclic) bond motifs is 1. The molecule has 5 nitrogen and oxygen atoms in total. The number of aromatic nitrogens is 2. The van der Waals surface area contributed by atoms with E-state index in [0.717, 1.165) is 29.8 Å². The minimum Gasteiger partial charge on any atom is -0.350 e. The fraction of sp³-hybridized carbons (Fsp3) is 0.333. The molecule has 1 aliphatic heterocycles. The quantitative estimate of drug-likeness (QED) is 0.801. The molecule has 1 aliphatic rings. The third-order valence-electron chi connectivity index (χ3n) is 3.73. The minimum atomic E-state index is -0.167. The second-order valence-corrected chi connectivity index (χ2v) is 5.96. The van der Waals surface area contributed by atoms with Crippen molar-refractivity contribution in [1.82, 2.24) is 20.8 Å². The third kappa shape index (κ3) is 3.11. The van der Waals surface area contributed by atoms with Gasteiger partial charge in [0.1, 0.15) is 0 Å². The average molecular weight is 339 g/mol. The Kier molecular flexibility index (Phi) is 4.66. The topological polar surface area (TPSA) is 69.8 Å². The molecular weight excluding hydrogens is 323 g/mol. The number of H-pyrrole nitrogens is 1. The number of halogens is 2. The number of nitrogens with zero attached hydrogens (tertiary/aromatic N) is 1. The van der Waals surface area contributed by atoms with E-state index in [1.54, 1.807) is 6.07 Å². The second kappa shape index (κ2) is 6.69. The molecule has 0 spiro atoms. The molecule has 0 atom stereocenters. The van der Waals surface area contributed by atoms with E-state index in [-0.39, 0.29) is 5.91 Å². The van der Waals surface area contributed by atoms with Gasteiger partial charge in [-0.05, 0) is 18.1 Å². The van der Waals surface area contributed by atoms with Crippen LogP contribution in [0.2, 0.25) is 10.0 Å². The van der Waals surface area contributed by atoms with Crippen molar-refractivity contribution in [3.8, 4) is 0 Å². The van der Waals surface area contributed by atoms with Crippen LogP contribution in [0.3, 0.4) is 0 Å². The smallest absolute Gasteiger partial charge is 0.272 e. The highest BCUT2D eigenvalue weighted by atomic mass is 35.5. The lowest BCUT2D eigenvalue weighted by Crippen LogP contribution is -2.29. The number of carbonyl (C=O) groups is 1. The predicted molar refractivity (Wildman–Crippen MR) is 86.5 cm³/mol. The number of amides is 1. The monoisotopic (exact) mass is 338 g/mol. The molecule has 0 radical (unpaired) electrons. The van der Waals surface area contributed by atoms with Crippen LogP contribution >= 0.6 is 23.2 Å². The molecule has 116 valence electrons. The largest absolute Gasteiger partial charge is 0.350 e. The van der Waals surface area contributed by atoms with Crippen LogP contribution in [-0.4, -0.2) is 29.2 Å². The Morgan fingerprint density at radius 2 is 2.23 bits per heavy atom. The molecule has 0 aliphatic carbocycles. The Morgan fingerprint density at radius 1 is 1.36 bits per heavy atom. The summed E-state index contributed by atoms with van der Waals surface area (Å²) >= 11 is 12.1. The van der Waals surface area contributed by atoms with Gasteiger partial charge in [-0.15, -0.1) is 0 Å². The van der Waals surface area contributed by atoms with Crippen LogP contribution in [0.15, 0.2) is 18.2 Å².